The molecule has 11 heavy (non-hydrogen) atoms. The Hall–Kier alpha value is -0.610. The fourth-order valence-corrected chi connectivity index (χ4v) is 0.418. The zero-order valence-corrected chi connectivity index (χ0v) is 6.96. The summed E-state index contributed by atoms with van der Waals surface area (Å²) in [4.78, 5) is 10.6. The fourth-order valence-electron chi connectivity index (χ4n) is 0.418. The molecule has 0 fully saturated rings. The molecule has 0 aromatic carbocycles. The molecule has 0 aliphatic heterocycles. The maximum absolute atomic E-state index is 10.6. The van der Waals surface area contributed by atoms with Crippen LogP contribution in [0.25, 0.3) is 0 Å². The van der Waals surface area contributed by atoms with Crippen LogP contribution in [0.4, 0.5) is 0 Å². The largest absolute Gasteiger partial charge is 0.437 e. The van der Waals surface area contributed by atoms with E-state index in [-0.39, 0.29) is 19.4 Å². The first-order valence-electron chi connectivity index (χ1n) is 3.62. The van der Waals surface area contributed by atoms with Crippen LogP contribution in [0.1, 0.15) is 13.8 Å². The molecular formula is C7H14O4. The molecule has 66 valence electrons. The monoisotopic (exact) mass is 162 g/mol. The quantitative estimate of drug-likeness (QED) is 0.325. The zero-order valence-electron chi connectivity index (χ0n) is 6.96. The van der Waals surface area contributed by atoms with Gasteiger partial charge in [-0.1, -0.05) is 0 Å². The van der Waals surface area contributed by atoms with Crippen LogP contribution in [-0.4, -0.2) is 32.6 Å². The predicted molar refractivity (Wildman–Crippen MR) is 39.1 cm³/mol. The highest BCUT2D eigenvalue weighted by Gasteiger charge is 1.99. The summed E-state index contributed by atoms with van der Waals surface area (Å²) in [6.45, 7) is 4.73. The minimum absolute atomic E-state index is 0.00355. The van der Waals surface area contributed by atoms with Crippen molar-refractivity contribution in [3.63, 3.8) is 0 Å². The Bertz CT molecular complexity index is 103. The second kappa shape index (κ2) is 7.50. The fraction of sp³-hybridized carbons (Fsp3) is 0.857. The van der Waals surface area contributed by atoms with Gasteiger partial charge in [-0.05, 0) is 13.8 Å². The van der Waals surface area contributed by atoms with Crippen molar-refractivity contribution in [3.8, 4) is 0 Å². The molecule has 0 amide bonds. The van der Waals surface area contributed by atoms with E-state index >= 15 is 0 Å². The molecule has 0 saturated heterocycles. The third-order valence-corrected chi connectivity index (χ3v) is 0.931. The topological polar surface area (TPSA) is 44.8 Å². The number of hydrogen-bond acceptors (Lipinski definition) is 4. The summed E-state index contributed by atoms with van der Waals surface area (Å²) >= 11 is 0. The summed E-state index contributed by atoms with van der Waals surface area (Å²) in [5, 5.41) is 0. The number of carbonyl (C=O) groups is 1. The van der Waals surface area contributed by atoms with Gasteiger partial charge in [0.05, 0.1) is 0 Å². The Labute approximate surface area is 66.4 Å². The third-order valence-electron chi connectivity index (χ3n) is 0.931. The first-order valence-corrected chi connectivity index (χ1v) is 3.62. The van der Waals surface area contributed by atoms with Crippen molar-refractivity contribution in [2.75, 3.05) is 26.6 Å². The first kappa shape index (κ1) is 10.4. The van der Waals surface area contributed by atoms with E-state index in [0.29, 0.717) is 13.2 Å². The molecule has 0 aromatic rings. The molecule has 0 saturated carbocycles. The molecule has 0 heterocycles. The SMILES string of the molecule is CCOCOC(=O)COCC. The van der Waals surface area contributed by atoms with Crippen molar-refractivity contribution in [1.82, 2.24) is 0 Å². The van der Waals surface area contributed by atoms with E-state index in [1.165, 1.54) is 0 Å². The first-order chi connectivity index (χ1) is 5.31. The van der Waals surface area contributed by atoms with E-state index in [1.54, 1.807) is 0 Å². The van der Waals surface area contributed by atoms with E-state index in [1.807, 2.05) is 13.8 Å². The predicted octanol–water partition coefficient (Wildman–Crippen LogP) is 0.560. The van der Waals surface area contributed by atoms with Gasteiger partial charge in [0.1, 0.15) is 6.61 Å². The number of carbonyl (C=O) groups excluding carboxylic acids is 1. The smallest absolute Gasteiger partial charge is 0.334 e. The minimum Gasteiger partial charge on any atom is -0.437 e. The standard InChI is InChI=1S/C7H14O4/c1-3-9-5-7(8)11-6-10-4-2/h3-6H2,1-2H3. The molecule has 0 unspecified atom stereocenters. The lowest BCUT2D eigenvalue weighted by Crippen LogP contribution is -2.14. The summed E-state index contributed by atoms with van der Waals surface area (Å²) in [5.41, 5.74) is 0. The van der Waals surface area contributed by atoms with E-state index in [9.17, 15) is 4.79 Å². The lowest BCUT2D eigenvalue weighted by Gasteiger charge is -2.03. The van der Waals surface area contributed by atoms with E-state index in [2.05, 4.69) is 4.74 Å². The van der Waals surface area contributed by atoms with Crippen molar-refractivity contribution in [2.24, 2.45) is 0 Å². The Balaban J connectivity index is 3.09. The van der Waals surface area contributed by atoms with Gasteiger partial charge < -0.3 is 14.2 Å². The summed E-state index contributed by atoms with van der Waals surface area (Å²) in [6, 6.07) is 0. The third kappa shape index (κ3) is 7.29. The summed E-state index contributed by atoms with van der Waals surface area (Å²) in [5.74, 6) is -0.389. The van der Waals surface area contributed by atoms with Crippen LogP contribution in [-0.2, 0) is 19.0 Å². The molecular weight excluding hydrogens is 148 g/mol. The molecule has 0 atom stereocenters. The Morgan fingerprint density at radius 3 is 2.36 bits per heavy atom. The molecule has 0 radical (unpaired) electrons. The summed E-state index contributed by atoms with van der Waals surface area (Å²) in [7, 11) is 0. The second-order valence-corrected chi connectivity index (χ2v) is 1.76. The van der Waals surface area contributed by atoms with Crippen LogP contribution in [0, 0.1) is 0 Å². The maximum atomic E-state index is 10.6. The molecule has 0 aliphatic carbocycles. The Morgan fingerprint density at radius 1 is 1.18 bits per heavy atom. The summed E-state index contributed by atoms with van der Waals surface area (Å²) < 4.78 is 14.2. The van der Waals surface area contributed by atoms with Gasteiger partial charge in [0.2, 0.25) is 0 Å². The summed E-state index contributed by atoms with van der Waals surface area (Å²) in [6.07, 6.45) is 0. The van der Waals surface area contributed by atoms with Gasteiger partial charge in [-0.3, -0.25) is 0 Å². The zero-order chi connectivity index (χ0) is 8.53. The lowest BCUT2D eigenvalue weighted by molar-refractivity contribution is -0.160. The highest BCUT2D eigenvalue weighted by molar-refractivity contribution is 5.70. The average Bonchev–Trinajstić information content (AvgIpc) is 2.01. The molecule has 0 spiro atoms. The van der Waals surface area contributed by atoms with E-state index < -0.39 is 0 Å². The molecule has 0 bridgehead atoms. The van der Waals surface area contributed by atoms with Gasteiger partial charge in [-0.25, -0.2) is 4.79 Å². The molecule has 4 heteroatoms. The van der Waals surface area contributed by atoms with Crippen molar-refractivity contribution in [1.29, 1.82) is 0 Å². The second-order valence-electron chi connectivity index (χ2n) is 1.76. The normalized spacial score (nSPS) is 9.64. The van der Waals surface area contributed by atoms with Gasteiger partial charge in [0.15, 0.2) is 6.79 Å². The highest BCUT2D eigenvalue weighted by atomic mass is 16.7. The van der Waals surface area contributed by atoms with Crippen LogP contribution in [0.3, 0.4) is 0 Å². The van der Waals surface area contributed by atoms with Crippen LogP contribution in [0.2, 0.25) is 0 Å². The molecule has 0 rings (SSSR count). The van der Waals surface area contributed by atoms with Crippen molar-refractivity contribution in [3.05, 3.63) is 0 Å². The molecule has 0 N–H and O–H groups in total. The maximum Gasteiger partial charge on any atom is 0.334 e. The van der Waals surface area contributed by atoms with Crippen LogP contribution >= 0.6 is 0 Å². The van der Waals surface area contributed by atoms with Crippen LogP contribution < -0.4 is 0 Å². The van der Waals surface area contributed by atoms with Gasteiger partial charge in [0.25, 0.3) is 0 Å². The average molecular weight is 162 g/mol. The number of rotatable bonds is 6. The highest BCUT2D eigenvalue weighted by Crippen LogP contribution is 1.82. The Morgan fingerprint density at radius 2 is 1.82 bits per heavy atom. The lowest BCUT2D eigenvalue weighted by atomic mass is 10.7. The molecule has 4 nitrogen and oxygen atoms in total. The van der Waals surface area contributed by atoms with Crippen LogP contribution in [0.15, 0.2) is 0 Å². The molecule has 0 aromatic heterocycles. The van der Waals surface area contributed by atoms with Gasteiger partial charge in [-0.2, -0.15) is 0 Å². The van der Waals surface area contributed by atoms with Crippen molar-refractivity contribution in [2.45, 2.75) is 13.8 Å². The number of hydrogen-bond donors (Lipinski definition) is 0. The number of ether oxygens (including phenoxy) is 3. The molecule has 0 aliphatic rings. The van der Waals surface area contributed by atoms with Gasteiger partial charge >= 0.3 is 5.97 Å². The van der Waals surface area contributed by atoms with Crippen molar-refractivity contribution >= 4 is 5.97 Å². The van der Waals surface area contributed by atoms with Crippen molar-refractivity contribution < 1.29 is 19.0 Å². The van der Waals surface area contributed by atoms with Gasteiger partial charge in [-0.15, -0.1) is 0 Å². The van der Waals surface area contributed by atoms with Crippen LogP contribution in [0.5, 0.6) is 0 Å². The Kier molecular flexibility index (Phi) is 7.08. The minimum atomic E-state index is -0.389. The van der Waals surface area contributed by atoms with E-state index in [4.69, 9.17) is 9.47 Å². The van der Waals surface area contributed by atoms with E-state index in [0.717, 1.165) is 0 Å². The number of esters is 1. The van der Waals surface area contributed by atoms with Gasteiger partial charge in [0, 0.05) is 13.2 Å².